The number of hydrogen-bond acceptors (Lipinski definition) is 6. The predicted molar refractivity (Wildman–Crippen MR) is 56.2 cm³/mol. The van der Waals surface area contributed by atoms with E-state index in [2.05, 4.69) is 0 Å². The van der Waals surface area contributed by atoms with Crippen molar-refractivity contribution in [1.82, 2.24) is 0 Å². The van der Waals surface area contributed by atoms with Crippen LogP contribution in [0.5, 0.6) is 0 Å². The van der Waals surface area contributed by atoms with Crippen LogP contribution in [0.2, 0.25) is 0 Å². The second-order valence-electron chi connectivity index (χ2n) is 2.84. The van der Waals surface area contributed by atoms with Gasteiger partial charge in [0.1, 0.15) is 0 Å². The van der Waals surface area contributed by atoms with Gasteiger partial charge in [-0.3, -0.25) is 14.9 Å². The molecule has 1 rings (SSSR count). The zero-order chi connectivity index (χ0) is 13.2. The minimum atomic E-state index is -4.46. The highest BCUT2D eigenvalue weighted by Gasteiger charge is 2.28. The fraction of sp³-hybridized carbons (Fsp3) is 0. The van der Waals surface area contributed by atoms with Gasteiger partial charge in [-0.15, -0.1) is 0 Å². The number of carbonyl (C=O) groups excluding carboxylic acids is 1. The van der Waals surface area contributed by atoms with Gasteiger partial charge in [0.2, 0.25) is 0 Å². The summed E-state index contributed by atoms with van der Waals surface area (Å²) in [6, 6.07) is 3.22. The molecule has 17 heavy (non-hydrogen) atoms. The summed E-state index contributed by atoms with van der Waals surface area (Å²) in [5.41, 5.74) is -1.63. The molecule has 0 aliphatic rings. The van der Waals surface area contributed by atoms with Gasteiger partial charge < -0.3 is 0 Å². The number of rotatable bonds is 3. The van der Waals surface area contributed by atoms with Gasteiger partial charge in [0.25, 0.3) is 14.7 Å². The van der Waals surface area contributed by atoms with Crippen LogP contribution in [0.3, 0.4) is 0 Å². The molecule has 0 aromatic heterocycles. The molecule has 0 atom stereocenters. The summed E-state index contributed by atoms with van der Waals surface area (Å²) in [4.78, 5) is 19.4. The molecule has 0 amide bonds. The van der Waals surface area contributed by atoms with Crippen LogP contribution >= 0.6 is 10.7 Å². The SMILES string of the molecule is N#Cc1cc(C=O)c(S(=O)(=O)Cl)c([N+](=O)[O-])c1. The number of nitriles is 1. The average molecular weight is 275 g/mol. The molecule has 0 saturated heterocycles. The molecule has 0 fully saturated rings. The maximum Gasteiger partial charge on any atom is 0.291 e. The van der Waals surface area contributed by atoms with E-state index in [1.807, 2.05) is 0 Å². The first-order valence-electron chi connectivity index (χ1n) is 3.93. The minimum Gasteiger partial charge on any atom is -0.298 e. The Morgan fingerprint density at radius 3 is 2.41 bits per heavy atom. The van der Waals surface area contributed by atoms with E-state index in [0.29, 0.717) is 0 Å². The summed E-state index contributed by atoms with van der Waals surface area (Å²) in [7, 11) is 0.557. The predicted octanol–water partition coefficient (Wildman–Crippen LogP) is 1.21. The molecule has 0 spiro atoms. The Morgan fingerprint density at radius 1 is 1.47 bits per heavy atom. The average Bonchev–Trinajstić information content (AvgIpc) is 2.25. The van der Waals surface area contributed by atoms with Crippen LogP contribution in [0.4, 0.5) is 5.69 Å². The van der Waals surface area contributed by atoms with Crippen molar-refractivity contribution < 1.29 is 18.1 Å². The van der Waals surface area contributed by atoms with Crippen LogP contribution < -0.4 is 0 Å². The summed E-state index contributed by atoms with van der Waals surface area (Å²) in [5, 5.41) is 19.2. The fourth-order valence-corrected chi connectivity index (χ4v) is 2.47. The lowest BCUT2D eigenvalue weighted by molar-refractivity contribution is -0.387. The first-order valence-corrected chi connectivity index (χ1v) is 6.24. The Morgan fingerprint density at radius 2 is 2.06 bits per heavy atom. The van der Waals surface area contributed by atoms with E-state index >= 15 is 0 Å². The van der Waals surface area contributed by atoms with Gasteiger partial charge in [-0.25, -0.2) is 8.42 Å². The molecule has 9 heteroatoms. The van der Waals surface area contributed by atoms with E-state index in [1.54, 1.807) is 6.07 Å². The Labute approximate surface area is 99.8 Å². The van der Waals surface area contributed by atoms with Gasteiger partial charge >= 0.3 is 0 Å². The fourth-order valence-electron chi connectivity index (χ4n) is 1.19. The summed E-state index contributed by atoms with van der Waals surface area (Å²) >= 11 is 0. The van der Waals surface area contributed by atoms with Gasteiger partial charge in [-0.2, -0.15) is 5.26 Å². The van der Waals surface area contributed by atoms with Crippen molar-refractivity contribution in [3.05, 3.63) is 33.4 Å². The van der Waals surface area contributed by atoms with E-state index in [-0.39, 0.29) is 11.8 Å². The quantitative estimate of drug-likeness (QED) is 0.354. The lowest BCUT2D eigenvalue weighted by Gasteiger charge is -2.02. The molecule has 0 aliphatic heterocycles. The molecule has 1 aromatic carbocycles. The van der Waals surface area contributed by atoms with E-state index in [1.165, 1.54) is 0 Å². The van der Waals surface area contributed by atoms with Crippen molar-refractivity contribution in [1.29, 1.82) is 5.26 Å². The number of nitro benzene ring substituents is 1. The second kappa shape index (κ2) is 4.48. The molecule has 7 nitrogen and oxygen atoms in total. The van der Waals surface area contributed by atoms with Gasteiger partial charge in [0.05, 0.1) is 16.6 Å². The summed E-state index contributed by atoms with van der Waals surface area (Å²) < 4.78 is 22.3. The molecule has 0 radical (unpaired) electrons. The third-order valence-electron chi connectivity index (χ3n) is 1.79. The van der Waals surface area contributed by atoms with Crippen molar-refractivity contribution in [2.75, 3.05) is 0 Å². The largest absolute Gasteiger partial charge is 0.298 e. The standard InChI is InChI=1S/C8H3ClN2O5S/c9-17(15,16)8-6(4-12)1-5(3-10)2-7(8)11(13)14/h1-2,4H. The maximum atomic E-state index is 11.2. The van der Waals surface area contributed by atoms with Crippen molar-refractivity contribution in [2.45, 2.75) is 4.90 Å². The smallest absolute Gasteiger partial charge is 0.291 e. The van der Waals surface area contributed by atoms with E-state index in [0.717, 1.165) is 12.1 Å². The monoisotopic (exact) mass is 274 g/mol. The molecular weight excluding hydrogens is 272 g/mol. The Bertz CT molecular complexity index is 647. The number of hydrogen-bond donors (Lipinski definition) is 0. The zero-order valence-corrected chi connectivity index (χ0v) is 9.53. The minimum absolute atomic E-state index is 0.0864. The third kappa shape index (κ3) is 2.58. The van der Waals surface area contributed by atoms with E-state index in [4.69, 9.17) is 15.9 Å². The molecule has 0 bridgehead atoms. The number of carbonyl (C=O) groups is 1. The normalized spacial score (nSPS) is 10.6. The molecule has 88 valence electrons. The van der Waals surface area contributed by atoms with Gasteiger partial charge in [-0.1, -0.05) is 0 Å². The number of benzene rings is 1. The van der Waals surface area contributed by atoms with Crippen molar-refractivity contribution in [3.63, 3.8) is 0 Å². The highest BCUT2D eigenvalue weighted by molar-refractivity contribution is 8.14. The summed E-state index contributed by atoms with van der Waals surface area (Å²) in [6.45, 7) is 0. The molecular formula is C8H3ClN2O5S. The first kappa shape index (κ1) is 13.1. The number of halogens is 1. The molecule has 1 aromatic rings. The van der Waals surface area contributed by atoms with Crippen LogP contribution in [-0.4, -0.2) is 19.6 Å². The molecule has 0 heterocycles. The van der Waals surface area contributed by atoms with Crippen molar-refractivity contribution in [3.8, 4) is 6.07 Å². The van der Waals surface area contributed by atoms with Crippen LogP contribution in [0.15, 0.2) is 17.0 Å². The molecule has 0 saturated carbocycles. The Hall–Kier alpha value is -1.98. The number of nitrogens with zero attached hydrogens (tertiary/aromatic N) is 2. The van der Waals surface area contributed by atoms with E-state index < -0.39 is 30.1 Å². The summed E-state index contributed by atoms with van der Waals surface area (Å²) in [5.74, 6) is 0. The highest BCUT2D eigenvalue weighted by Crippen LogP contribution is 2.30. The van der Waals surface area contributed by atoms with Gasteiger partial charge in [-0.05, 0) is 6.07 Å². The zero-order valence-electron chi connectivity index (χ0n) is 7.95. The van der Waals surface area contributed by atoms with Crippen LogP contribution in [0.1, 0.15) is 15.9 Å². The Balaban J connectivity index is 3.85. The van der Waals surface area contributed by atoms with Crippen LogP contribution in [0.25, 0.3) is 0 Å². The topological polar surface area (TPSA) is 118 Å². The first-order chi connectivity index (χ1) is 7.81. The second-order valence-corrected chi connectivity index (χ2v) is 5.34. The van der Waals surface area contributed by atoms with Crippen LogP contribution in [0, 0.1) is 21.4 Å². The lowest BCUT2D eigenvalue weighted by atomic mass is 10.1. The maximum absolute atomic E-state index is 11.2. The summed E-state index contributed by atoms with van der Waals surface area (Å²) in [6.07, 6.45) is 0.0864. The van der Waals surface area contributed by atoms with E-state index in [9.17, 15) is 23.3 Å². The highest BCUT2D eigenvalue weighted by atomic mass is 35.7. The van der Waals surface area contributed by atoms with Gasteiger partial charge in [0.15, 0.2) is 11.2 Å². The van der Waals surface area contributed by atoms with Crippen LogP contribution in [-0.2, 0) is 9.05 Å². The molecule has 0 unspecified atom stereocenters. The van der Waals surface area contributed by atoms with Crippen molar-refractivity contribution in [2.24, 2.45) is 0 Å². The molecule has 0 aliphatic carbocycles. The number of aldehydes is 1. The lowest BCUT2D eigenvalue weighted by Crippen LogP contribution is -2.04. The van der Waals surface area contributed by atoms with Crippen molar-refractivity contribution >= 4 is 31.7 Å². The van der Waals surface area contributed by atoms with Gasteiger partial charge in [0, 0.05) is 22.3 Å². The Kier molecular flexibility index (Phi) is 3.45. The third-order valence-corrected chi connectivity index (χ3v) is 3.19. The molecule has 0 N–H and O–H groups in total. The number of nitro groups is 1.